The summed E-state index contributed by atoms with van der Waals surface area (Å²) in [5, 5.41) is 0. The van der Waals surface area contributed by atoms with E-state index >= 15 is 0 Å². The number of esters is 1. The van der Waals surface area contributed by atoms with Crippen LogP contribution in [0.15, 0.2) is 30.3 Å². The largest absolute Gasteiger partial charge is 0.497 e. The minimum Gasteiger partial charge on any atom is -0.497 e. The van der Waals surface area contributed by atoms with Crippen molar-refractivity contribution in [1.82, 2.24) is 4.57 Å². The number of ketones is 1. The highest BCUT2D eigenvalue weighted by molar-refractivity contribution is 6.00. The molecule has 0 amide bonds. The van der Waals surface area contributed by atoms with Crippen LogP contribution in [0.3, 0.4) is 0 Å². The number of aryl methyl sites for hydroxylation is 1. The standard InChI is InChI=1S/C19H23NO4/c1-12(2)20-13(3)9-17(14(20)4)18(21)11-24-19(22)15-7-6-8-16(10-15)23-5/h6-10,12H,11H2,1-5H3. The Kier molecular flexibility index (Phi) is 5.44. The van der Waals surface area contributed by atoms with Gasteiger partial charge < -0.3 is 14.0 Å². The van der Waals surface area contributed by atoms with E-state index in [1.54, 1.807) is 24.3 Å². The predicted octanol–water partition coefficient (Wildman–Crippen LogP) is 3.73. The molecule has 0 saturated heterocycles. The first-order chi connectivity index (χ1) is 11.3. The molecular weight excluding hydrogens is 306 g/mol. The second-order valence-electron chi connectivity index (χ2n) is 5.98. The van der Waals surface area contributed by atoms with Gasteiger partial charge in [-0.3, -0.25) is 4.79 Å². The van der Waals surface area contributed by atoms with Crippen molar-refractivity contribution in [2.24, 2.45) is 0 Å². The van der Waals surface area contributed by atoms with Gasteiger partial charge in [0.25, 0.3) is 0 Å². The van der Waals surface area contributed by atoms with Gasteiger partial charge in [0.2, 0.25) is 5.78 Å². The third kappa shape index (κ3) is 3.67. The molecule has 2 rings (SSSR count). The van der Waals surface area contributed by atoms with Crippen LogP contribution in [0.2, 0.25) is 0 Å². The minimum atomic E-state index is -0.542. The van der Waals surface area contributed by atoms with Crippen LogP contribution < -0.4 is 4.74 Å². The average molecular weight is 329 g/mol. The van der Waals surface area contributed by atoms with E-state index in [1.165, 1.54) is 7.11 Å². The lowest BCUT2D eigenvalue weighted by atomic mass is 10.1. The quantitative estimate of drug-likeness (QED) is 0.598. The number of hydrogen-bond acceptors (Lipinski definition) is 4. The van der Waals surface area contributed by atoms with Gasteiger partial charge in [0.15, 0.2) is 6.61 Å². The number of carbonyl (C=O) groups excluding carboxylic acids is 2. The number of aromatic nitrogens is 1. The molecule has 0 aliphatic heterocycles. The molecule has 128 valence electrons. The molecule has 0 atom stereocenters. The maximum atomic E-state index is 12.4. The number of nitrogens with zero attached hydrogens (tertiary/aromatic N) is 1. The third-order valence-corrected chi connectivity index (χ3v) is 3.94. The van der Waals surface area contributed by atoms with Crippen LogP contribution in [-0.4, -0.2) is 30.0 Å². The normalized spacial score (nSPS) is 10.8. The van der Waals surface area contributed by atoms with Gasteiger partial charge in [-0.1, -0.05) is 6.07 Å². The molecule has 0 radical (unpaired) electrons. The Morgan fingerprint density at radius 1 is 1.17 bits per heavy atom. The molecule has 5 nitrogen and oxygen atoms in total. The van der Waals surface area contributed by atoms with Crippen molar-refractivity contribution in [2.45, 2.75) is 33.7 Å². The molecule has 2 aromatic rings. The van der Waals surface area contributed by atoms with Gasteiger partial charge in [0, 0.05) is 23.0 Å². The Morgan fingerprint density at radius 2 is 1.88 bits per heavy atom. The maximum Gasteiger partial charge on any atom is 0.338 e. The summed E-state index contributed by atoms with van der Waals surface area (Å²) in [4.78, 5) is 24.5. The van der Waals surface area contributed by atoms with Gasteiger partial charge in [-0.15, -0.1) is 0 Å². The number of rotatable bonds is 6. The van der Waals surface area contributed by atoms with Crippen molar-refractivity contribution in [3.63, 3.8) is 0 Å². The Labute approximate surface area is 142 Å². The lowest BCUT2D eigenvalue weighted by Gasteiger charge is -2.13. The highest BCUT2D eigenvalue weighted by atomic mass is 16.5. The number of hydrogen-bond donors (Lipinski definition) is 0. The van der Waals surface area contributed by atoms with Crippen LogP contribution in [0.25, 0.3) is 0 Å². The molecule has 0 N–H and O–H groups in total. The molecule has 0 unspecified atom stereocenters. The molecule has 1 heterocycles. The molecule has 0 spiro atoms. The van der Waals surface area contributed by atoms with Gasteiger partial charge in [-0.25, -0.2) is 4.79 Å². The van der Waals surface area contributed by atoms with Gasteiger partial charge in [-0.2, -0.15) is 0 Å². The summed E-state index contributed by atoms with van der Waals surface area (Å²) < 4.78 is 12.3. The fourth-order valence-electron chi connectivity index (χ4n) is 2.90. The van der Waals surface area contributed by atoms with Crippen LogP contribution in [0.1, 0.15) is 52.0 Å². The van der Waals surface area contributed by atoms with E-state index in [1.807, 2.05) is 19.9 Å². The first-order valence-corrected chi connectivity index (χ1v) is 7.88. The molecule has 0 aliphatic carbocycles. The SMILES string of the molecule is COc1cccc(C(=O)OCC(=O)c2cc(C)n(C(C)C)c2C)c1. The second-order valence-corrected chi connectivity index (χ2v) is 5.98. The van der Waals surface area contributed by atoms with Crippen molar-refractivity contribution in [3.05, 3.63) is 52.8 Å². The van der Waals surface area contributed by atoms with E-state index in [4.69, 9.17) is 9.47 Å². The lowest BCUT2D eigenvalue weighted by molar-refractivity contribution is 0.0474. The summed E-state index contributed by atoms with van der Waals surface area (Å²) in [6.45, 7) is 7.72. The number of carbonyl (C=O) groups is 2. The first kappa shape index (κ1) is 17.8. The smallest absolute Gasteiger partial charge is 0.338 e. The third-order valence-electron chi connectivity index (χ3n) is 3.94. The highest BCUT2D eigenvalue weighted by Crippen LogP contribution is 2.21. The van der Waals surface area contributed by atoms with E-state index < -0.39 is 5.97 Å². The average Bonchev–Trinajstić information content (AvgIpc) is 2.87. The Hall–Kier alpha value is -2.56. The Balaban J connectivity index is 2.08. The first-order valence-electron chi connectivity index (χ1n) is 7.88. The fourth-order valence-corrected chi connectivity index (χ4v) is 2.90. The summed E-state index contributed by atoms with van der Waals surface area (Å²) in [6.07, 6.45) is 0. The topological polar surface area (TPSA) is 57.5 Å². The Bertz CT molecular complexity index is 759. The monoisotopic (exact) mass is 329 g/mol. The van der Waals surface area contributed by atoms with E-state index in [0.717, 1.165) is 11.4 Å². The van der Waals surface area contributed by atoms with Crippen molar-refractivity contribution in [2.75, 3.05) is 13.7 Å². The zero-order valence-corrected chi connectivity index (χ0v) is 14.8. The molecule has 0 bridgehead atoms. The molecular formula is C19H23NO4. The van der Waals surface area contributed by atoms with Crippen molar-refractivity contribution >= 4 is 11.8 Å². The van der Waals surface area contributed by atoms with E-state index in [2.05, 4.69) is 18.4 Å². The van der Waals surface area contributed by atoms with E-state index in [0.29, 0.717) is 16.9 Å². The zero-order chi connectivity index (χ0) is 17.9. The molecule has 0 fully saturated rings. The summed E-state index contributed by atoms with van der Waals surface area (Å²) in [5.74, 6) is -0.178. The number of benzene rings is 1. The summed E-state index contributed by atoms with van der Waals surface area (Å²) in [7, 11) is 1.53. The summed E-state index contributed by atoms with van der Waals surface area (Å²) in [5.41, 5.74) is 2.87. The van der Waals surface area contributed by atoms with Crippen LogP contribution >= 0.6 is 0 Å². The second kappa shape index (κ2) is 7.34. The van der Waals surface area contributed by atoms with Crippen molar-refractivity contribution < 1.29 is 19.1 Å². The minimum absolute atomic E-state index is 0.203. The molecule has 5 heteroatoms. The number of methoxy groups -OCH3 is 1. The van der Waals surface area contributed by atoms with Gasteiger partial charge in [0.1, 0.15) is 5.75 Å². The highest BCUT2D eigenvalue weighted by Gasteiger charge is 2.19. The van der Waals surface area contributed by atoms with E-state index in [9.17, 15) is 9.59 Å². The fraction of sp³-hybridized carbons (Fsp3) is 0.368. The number of Topliss-reactive ketones (excluding diaryl/α,β-unsaturated/α-hetero) is 1. The lowest BCUT2D eigenvalue weighted by Crippen LogP contribution is -2.15. The maximum absolute atomic E-state index is 12.4. The Morgan fingerprint density at radius 3 is 2.46 bits per heavy atom. The van der Waals surface area contributed by atoms with Crippen molar-refractivity contribution in [3.8, 4) is 5.75 Å². The molecule has 1 aromatic carbocycles. The number of ether oxygens (including phenoxy) is 2. The van der Waals surface area contributed by atoms with Crippen LogP contribution in [-0.2, 0) is 4.74 Å². The van der Waals surface area contributed by atoms with Crippen LogP contribution in [0.4, 0.5) is 0 Å². The summed E-state index contributed by atoms with van der Waals surface area (Å²) in [6, 6.07) is 8.76. The van der Waals surface area contributed by atoms with Crippen LogP contribution in [0.5, 0.6) is 5.75 Å². The molecule has 1 aromatic heterocycles. The molecule has 24 heavy (non-hydrogen) atoms. The van der Waals surface area contributed by atoms with Gasteiger partial charge in [0.05, 0.1) is 12.7 Å². The summed E-state index contributed by atoms with van der Waals surface area (Å²) >= 11 is 0. The van der Waals surface area contributed by atoms with E-state index in [-0.39, 0.29) is 18.4 Å². The predicted molar refractivity (Wildman–Crippen MR) is 91.9 cm³/mol. The van der Waals surface area contributed by atoms with Gasteiger partial charge in [-0.05, 0) is 52.0 Å². The van der Waals surface area contributed by atoms with Gasteiger partial charge >= 0.3 is 5.97 Å². The van der Waals surface area contributed by atoms with Crippen LogP contribution in [0, 0.1) is 13.8 Å². The zero-order valence-electron chi connectivity index (χ0n) is 14.8. The molecule has 0 saturated carbocycles. The van der Waals surface area contributed by atoms with Crippen molar-refractivity contribution in [1.29, 1.82) is 0 Å². The molecule has 0 aliphatic rings.